The summed E-state index contributed by atoms with van der Waals surface area (Å²) in [5.41, 5.74) is 15.9. The first-order valence-electron chi connectivity index (χ1n) is 19.0. The van der Waals surface area contributed by atoms with Gasteiger partial charge in [-0.1, -0.05) is 111 Å². The number of benzene rings is 5. The van der Waals surface area contributed by atoms with Gasteiger partial charge < -0.3 is 14.0 Å². The zero-order valence-electron chi connectivity index (χ0n) is 32.8. The fraction of sp³-hybridized carbons (Fsp3) is 0.180. The van der Waals surface area contributed by atoms with Crippen molar-refractivity contribution in [2.75, 3.05) is 0 Å². The first-order valence-corrected chi connectivity index (χ1v) is 19.0. The first-order chi connectivity index (χ1) is 26.7. The van der Waals surface area contributed by atoms with Crippen LogP contribution in [0.3, 0.4) is 0 Å². The van der Waals surface area contributed by atoms with Crippen molar-refractivity contribution in [3.63, 3.8) is 0 Å². The Bertz CT molecular complexity index is 2720. The number of hydrogen-bond acceptors (Lipinski definition) is 4. The molecule has 9 aromatic rings. The van der Waals surface area contributed by atoms with Crippen LogP contribution in [0.4, 0.5) is 0 Å². The van der Waals surface area contributed by atoms with Gasteiger partial charge in [0.15, 0.2) is 0 Å². The molecule has 0 aliphatic heterocycles. The van der Waals surface area contributed by atoms with Gasteiger partial charge >= 0.3 is 0 Å². The summed E-state index contributed by atoms with van der Waals surface area (Å²) in [5.74, 6) is 1.52. The second-order valence-corrected chi connectivity index (χ2v) is 14.7. The molecule has 6 heteroatoms. The Balaban J connectivity index is 0.000000212. The SMILES string of the molecule is Cc1nc(C)c2nc(-c3[c-]ccc4c3oc3ccccc34)n(-c3c(C(C)C)cccc3C(C)C)c2c1C.[Ir].[c-]1ccccc1-c1cc(-c2ccccc2)ccn1. The molecule has 0 atom stereocenters. The van der Waals surface area contributed by atoms with E-state index in [4.69, 9.17) is 14.4 Å². The fourth-order valence-electron chi connectivity index (χ4n) is 7.53. The summed E-state index contributed by atoms with van der Waals surface area (Å²) < 4.78 is 8.83. The van der Waals surface area contributed by atoms with Crippen molar-refractivity contribution in [3.05, 3.63) is 168 Å². The summed E-state index contributed by atoms with van der Waals surface area (Å²) in [6.45, 7) is 15.3. The van der Waals surface area contributed by atoms with Crippen LogP contribution in [-0.4, -0.2) is 19.5 Å². The molecule has 1 radical (unpaired) electrons. The van der Waals surface area contributed by atoms with Crippen molar-refractivity contribution in [3.8, 4) is 39.5 Å². The van der Waals surface area contributed by atoms with E-state index in [1.165, 1.54) is 27.9 Å². The minimum absolute atomic E-state index is 0. The molecule has 0 bridgehead atoms. The minimum Gasteiger partial charge on any atom is -0.501 e. The molecule has 0 fully saturated rings. The monoisotopic (exact) mass is 909 g/mol. The summed E-state index contributed by atoms with van der Waals surface area (Å²) in [5, 5.41) is 2.18. The van der Waals surface area contributed by atoms with Gasteiger partial charge in [0.2, 0.25) is 0 Å². The number of para-hydroxylation sites is 2. The number of fused-ring (bicyclic) bond motifs is 4. The quantitative estimate of drug-likeness (QED) is 0.156. The van der Waals surface area contributed by atoms with Crippen molar-refractivity contribution in [2.45, 2.75) is 60.3 Å². The Morgan fingerprint density at radius 3 is 2.07 bits per heavy atom. The molecule has 9 rings (SSSR count). The molecule has 0 N–H and O–H groups in total. The summed E-state index contributed by atoms with van der Waals surface area (Å²) in [6, 6.07) is 48.0. The van der Waals surface area contributed by atoms with Crippen molar-refractivity contribution < 1.29 is 24.5 Å². The number of imidazole rings is 1. The molecule has 5 nitrogen and oxygen atoms in total. The predicted octanol–water partition coefficient (Wildman–Crippen LogP) is 13.2. The number of nitrogens with zero attached hydrogens (tertiary/aromatic N) is 4. The molecule has 0 saturated carbocycles. The Hall–Kier alpha value is -5.68. The van der Waals surface area contributed by atoms with Crippen LogP contribution in [0.5, 0.6) is 0 Å². The molecule has 56 heavy (non-hydrogen) atoms. The van der Waals surface area contributed by atoms with Crippen LogP contribution < -0.4 is 0 Å². The molecule has 5 aromatic carbocycles. The smallest absolute Gasteiger partial charge is 0.120 e. The normalized spacial score (nSPS) is 11.3. The van der Waals surface area contributed by atoms with E-state index >= 15 is 0 Å². The van der Waals surface area contributed by atoms with Crippen molar-refractivity contribution in [1.29, 1.82) is 0 Å². The fourth-order valence-corrected chi connectivity index (χ4v) is 7.53. The third-order valence-corrected chi connectivity index (χ3v) is 10.4. The molecular weight excluding hydrogens is 865 g/mol. The number of pyridine rings is 2. The Morgan fingerprint density at radius 2 is 1.36 bits per heavy atom. The predicted molar refractivity (Wildman–Crippen MR) is 227 cm³/mol. The topological polar surface area (TPSA) is 56.7 Å². The number of aryl methyl sites for hydroxylation is 3. The van der Waals surface area contributed by atoms with Crippen molar-refractivity contribution >= 4 is 33.0 Å². The van der Waals surface area contributed by atoms with Crippen LogP contribution in [0.15, 0.2) is 132 Å². The molecule has 0 saturated heterocycles. The number of hydrogen-bond donors (Lipinski definition) is 0. The molecule has 0 unspecified atom stereocenters. The van der Waals surface area contributed by atoms with Crippen molar-refractivity contribution in [1.82, 2.24) is 19.5 Å². The third-order valence-electron chi connectivity index (χ3n) is 10.4. The summed E-state index contributed by atoms with van der Waals surface area (Å²) in [7, 11) is 0. The van der Waals surface area contributed by atoms with Crippen LogP contribution in [0.1, 0.15) is 67.6 Å². The van der Waals surface area contributed by atoms with Crippen LogP contribution in [0.25, 0.3) is 72.4 Å². The van der Waals surface area contributed by atoms with Crippen LogP contribution in [-0.2, 0) is 20.1 Å². The summed E-state index contributed by atoms with van der Waals surface area (Å²) >= 11 is 0. The number of rotatable bonds is 6. The average molecular weight is 909 g/mol. The van der Waals surface area contributed by atoms with E-state index < -0.39 is 0 Å². The van der Waals surface area contributed by atoms with Crippen molar-refractivity contribution in [2.24, 2.45) is 0 Å². The molecular formula is C50H44IrN4O-2. The van der Waals surface area contributed by atoms with E-state index in [1.54, 1.807) is 0 Å². The Kier molecular flexibility index (Phi) is 11.2. The van der Waals surface area contributed by atoms with Gasteiger partial charge in [-0.3, -0.25) is 9.97 Å². The van der Waals surface area contributed by atoms with Gasteiger partial charge in [-0.05, 0) is 78.3 Å². The minimum atomic E-state index is 0. The van der Waals surface area contributed by atoms with Gasteiger partial charge in [-0.25, -0.2) is 0 Å². The van der Waals surface area contributed by atoms with Gasteiger partial charge in [0.05, 0.1) is 28.1 Å². The molecule has 4 heterocycles. The second-order valence-electron chi connectivity index (χ2n) is 14.7. The molecule has 281 valence electrons. The van der Waals surface area contributed by atoms with Crippen LogP contribution >= 0.6 is 0 Å². The van der Waals surface area contributed by atoms with E-state index in [0.29, 0.717) is 11.8 Å². The van der Waals surface area contributed by atoms with Gasteiger partial charge in [-0.15, -0.1) is 54.1 Å². The van der Waals surface area contributed by atoms with E-state index in [0.717, 1.165) is 72.6 Å². The van der Waals surface area contributed by atoms with Gasteiger partial charge in [0.25, 0.3) is 0 Å². The zero-order chi connectivity index (χ0) is 38.2. The third kappa shape index (κ3) is 7.11. The standard InChI is InChI=1S/C33H32N3O.C17H12N.Ir/c1-18(2)23-13-10-14-24(19(3)4)31(23)36-30-20(5)21(6)34-22(7)29(30)35-33(36)27-16-11-15-26-25-12-8-9-17-28(25)37-32(26)27;1-3-7-14(8-4-1)16-11-12-18-17(13-16)15-9-5-2-6-10-15;/h8-15,17-19H,1-7H3;1-9,11-13H;/q2*-1;. The van der Waals surface area contributed by atoms with E-state index in [9.17, 15) is 0 Å². The summed E-state index contributed by atoms with van der Waals surface area (Å²) in [6.07, 6.45) is 1.85. The number of aromatic nitrogens is 4. The van der Waals surface area contributed by atoms with Gasteiger partial charge in [-0.2, -0.15) is 0 Å². The van der Waals surface area contributed by atoms with Gasteiger partial charge in [0, 0.05) is 43.1 Å². The van der Waals surface area contributed by atoms with E-state index in [2.05, 4.69) is 125 Å². The van der Waals surface area contributed by atoms with E-state index in [-0.39, 0.29) is 20.1 Å². The summed E-state index contributed by atoms with van der Waals surface area (Å²) in [4.78, 5) is 14.5. The molecule has 0 spiro atoms. The molecule has 0 aliphatic carbocycles. The zero-order valence-corrected chi connectivity index (χ0v) is 35.2. The Morgan fingerprint density at radius 1 is 0.643 bits per heavy atom. The van der Waals surface area contributed by atoms with Crippen LogP contribution in [0.2, 0.25) is 0 Å². The van der Waals surface area contributed by atoms with Gasteiger partial charge in [0.1, 0.15) is 5.58 Å². The van der Waals surface area contributed by atoms with E-state index in [1.807, 2.05) is 72.9 Å². The van der Waals surface area contributed by atoms with Crippen LogP contribution in [0, 0.1) is 32.9 Å². The molecule has 4 aromatic heterocycles. The largest absolute Gasteiger partial charge is 0.501 e. The Labute approximate surface area is 342 Å². The maximum atomic E-state index is 6.46. The maximum Gasteiger partial charge on any atom is 0.120 e. The maximum absolute atomic E-state index is 6.46. The second kappa shape index (κ2) is 16.2. The molecule has 0 amide bonds. The average Bonchev–Trinajstić information content (AvgIpc) is 3.81. The first kappa shape index (κ1) is 38.6. The number of furan rings is 1. The molecule has 0 aliphatic rings.